The molecule has 3 unspecified atom stereocenters. The second-order valence-electron chi connectivity index (χ2n) is 7.84. The summed E-state index contributed by atoms with van der Waals surface area (Å²) in [7, 11) is 1.55. The Bertz CT molecular complexity index is 898. The fourth-order valence-corrected chi connectivity index (χ4v) is 4.55. The second kappa shape index (κ2) is 8.55. The van der Waals surface area contributed by atoms with Crippen LogP contribution in [0.1, 0.15) is 25.7 Å². The lowest BCUT2D eigenvalue weighted by Crippen LogP contribution is -2.27. The van der Waals surface area contributed by atoms with Crippen LogP contribution in [0.25, 0.3) is 0 Å². The fourth-order valence-electron chi connectivity index (χ4n) is 4.55. The van der Waals surface area contributed by atoms with Crippen molar-refractivity contribution >= 4 is 23.2 Å². The van der Waals surface area contributed by atoms with Crippen molar-refractivity contribution in [1.82, 2.24) is 0 Å². The van der Waals surface area contributed by atoms with Gasteiger partial charge in [-0.3, -0.25) is 9.59 Å². The zero-order chi connectivity index (χ0) is 20.2. The molecular weight excluding hydrogens is 368 g/mol. The molecular formula is C23H26N2O4. The lowest BCUT2D eigenvalue weighted by Gasteiger charge is -2.21. The van der Waals surface area contributed by atoms with Gasteiger partial charge in [-0.05, 0) is 61.4 Å². The molecule has 152 valence electrons. The first kappa shape index (κ1) is 19.3. The Labute approximate surface area is 170 Å². The fraction of sp³-hybridized carbons (Fsp3) is 0.391. The maximum absolute atomic E-state index is 12.6. The minimum Gasteiger partial charge on any atom is -0.493 e. The number of ether oxygens (including phenoxy) is 2. The maximum atomic E-state index is 12.6. The monoisotopic (exact) mass is 394 g/mol. The van der Waals surface area contributed by atoms with Gasteiger partial charge in [0.2, 0.25) is 5.91 Å². The van der Waals surface area contributed by atoms with E-state index in [-0.39, 0.29) is 24.3 Å². The molecule has 0 aromatic heterocycles. The highest BCUT2D eigenvalue weighted by atomic mass is 16.5. The first-order valence-electron chi connectivity index (χ1n) is 10.1. The largest absolute Gasteiger partial charge is 0.493 e. The van der Waals surface area contributed by atoms with E-state index in [9.17, 15) is 9.59 Å². The van der Waals surface area contributed by atoms with Crippen molar-refractivity contribution in [2.75, 3.05) is 24.4 Å². The summed E-state index contributed by atoms with van der Waals surface area (Å²) >= 11 is 0. The number of rotatable bonds is 7. The van der Waals surface area contributed by atoms with E-state index < -0.39 is 0 Å². The van der Waals surface area contributed by atoms with E-state index in [0.717, 1.165) is 12.3 Å². The van der Waals surface area contributed by atoms with Crippen LogP contribution in [0.4, 0.5) is 11.4 Å². The number of hydrogen-bond acceptors (Lipinski definition) is 4. The zero-order valence-electron chi connectivity index (χ0n) is 16.5. The Kier molecular flexibility index (Phi) is 5.69. The first-order chi connectivity index (χ1) is 14.1. The van der Waals surface area contributed by atoms with Crippen LogP contribution in [0.2, 0.25) is 0 Å². The third-order valence-corrected chi connectivity index (χ3v) is 5.92. The minimum absolute atomic E-state index is 0.0974. The first-order valence-corrected chi connectivity index (χ1v) is 10.1. The molecule has 4 rings (SSSR count). The van der Waals surface area contributed by atoms with Crippen LogP contribution in [-0.4, -0.2) is 25.5 Å². The zero-order valence-corrected chi connectivity index (χ0v) is 16.5. The van der Waals surface area contributed by atoms with Gasteiger partial charge in [-0.25, -0.2) is 0 Å². The Morgan fingerprint density at radius 3 is 2.41 bits per heavy atom. The second-order valence-corrected chi connectivity index (χ2v) is 7.84. The number of hydrogen-bond donors (Lipinski definition) is 2. The minimum atomic E-state index is -0.285. The Balaban J connectivity index is 1.31. The number of methoxy groups -OCH3 is 1. The van der Waals surface area contributed by atoms with Gasteiger partial charge in [0.1, 0.15) is 0 Å². The average Bonchev–Trinajstić information content (AvgIpc) is 3.36. The van der Waals surface area contributed by atoms with Crippen molar-refractivity contribution in [1.29, 1.82) is 0 Å². The van der Waals surface area contributed by atoms with Gasteiger partial charge in [-0.2, -0.15) is 0 Å². The van der Waals surface area contributed by atoms with E-state index in [4.69, 9.17) is 9.47 Å². The SMILES string of the molecule is COc1ccccc1OCC(=O)Nc1cccc(NC(=O)C2CC3CCC2C3)c1. The Morgan fingerprint density at radius 2 is 1.72 bits per heavy atom. The number of nitrogens with one attached hydrogen (secondary N) is 2. The third kappa shape index (κ3) is 4.53. The molecule has 0 spiro atoms. The van der Waals surface area contributed by atoms with Crippen LogP contribution < -0.4 is 20.1 Å². The standard InChI is InChI=1S/C23H26N2O4/c1-28-20-7-2-3-8-21(20)29-14-22(26)24-17-5-4-6-18(13-17)25-23(27)19-12-15-9-10-16(19)11-15/h2-8,13,15-16,19H,9-12,14H2,1H3,(H,24,26)(H,25,27). The summed E-state index contributed by atoms with van der Waals surface area (Å²) < 4.78 is 10.8. The van der Waals surface area contributed by atoms with Crippen molar-refractivity contribution in [3.05, 3.63) is 48.5 Å². The maximum Gasteiger partial charge on any atom is 0.262 e. The van der Waals surface area contributed by atoms with Gasteiger partial charge >= 0.3 is 0 Å². The van der Waals surface area contributed by atoms with Gasteiger partial charge in [0, 0.05) is 17.3 Å². The topological polar surface area (TPSA) is 76.7 Å². The van der Waals surface area contributed by atoms with Crippen LogP contribution in [0.5, 0.6) is 11.5 Å². The number of carbonyl (C=O) groups excluding carboxylic acids is 2. The normalized spacial score (nSPS) is 22.2. The molecule has 2 fully saturated rings. The average molecular weight is 394 g/mol. The van der Waals surface area contributed by atoms with Crippen molar-refractivity contribution in [3.8, 4) is 11.5 Å². The molecule has 2 bridgehead atoms. The number of para-hydroxylation sites is 2. The van der Waals surface area contributed by atoms with E-state index in [0.29, 0.717) is 28.8 Å². The van der Waals surface area contributed by atoms with Gasteiger partial charge in [-0.1, -0.05) is 24.6 Å². The van der Waals surface area contributed by atoms with Gasteiger partial charge in [-0.15, -0.1) is 0 Å². The summed E-state index contributed by atoms with van der Waals surface area (Å²) in [4.78, 5) is 24.9. The molecule has 2 saturated carbocycles. The number of fused-ring (bicyclic) bond motifs is 2. The van der Waals surface area contributed by atoms with Gasteiger partial charge in [0.05, 0.1) is 7.11 Å². The molecule has 2 aliphatic carbocycles. The summed E-state index contributed by atoms with van der Waals surface area (Å²) in [5.74, 6) is 2.29. The van der Waals surface area contributed by atoms with Crippen molar-refractivity contribution in [3.63, 3.8) is 0 Å². The van der Waals surface area contributed by atoms with Gasteiger partial charge in [0.15, 0.2) is 18.1 Å². The molecule has 2 N–H and O–H groups in total. The molecule has 2 aromatic rings. The predicted octanol–water partition coefficient (Wildman–Crippen LogP) is 4.09. The highest BCUT2D eigenvalue weighted by Gasteiger charge is 2.43. The molecule has 6 nitrogen and oxygen atoms in total. The van der Waals surface area contributed by atoms with Crippen LogP contribution in [0, 0.1) is 17.8 Å². The van der Waals surface area contributed by atoms with Crippen molar-refractivity contribution in [2.24, 2.45) is 17.8 Å². The number of anilines is 2. The van der Waals surface area contributed by atoms with E-state index in [1.165, 1.54) is 19.3 Å². The summed E-state index contributed by atoms with van der Waals surface area (Å²) in [6.45, 7) is -0.137. The van der Waals surface area contributed by atoms with Crippen LogP contribution >= 0.6 is 0 Å². The Hall–Kier alpha value is -3.02. The molecule has 3 atom stereocenters. The molecule has 0 saturated heterocycles. The van der Waals surface area contributed by atoms with Crippen molar-refractivity contribution < 1.29 is 19.1 Å². The quantitative estimate of drug-likeness (QED) is 0.742. The predicted molar refractivity (Wildman–Crippen MR) is 111 cm³/mol. The number of benzene rings is 2. The van der Waals surface area contributed by atoms with Crippen LogP contribution in [0.3, 0.4) is 0 Å². The van der Waals surface area contributed by atoms with Crippen LogP contribution in [-0.2, 0) is 9.59 Å². The van der Waals surface area contributed by atoms with E-state index >= 15 is 0 Å². The molecule has 0 radical (unpaired) electrons. The van der Waals surface area contributed by atoms with Crippen molar-refractivity contribution in [2.45, 2.75) is 25.7 Å². The lowest BCUT2D eigenvalue weighted by molar-refractivity contribution is -0.121. The Morgan fingerprint density at radius 1 is 0.966 bits per heavy atom. The van der Waals surface area contributed by atoms with E-state index in [1.54, 1.807) is 31.4 Å². The summed E-state index contributed by atoms with van der Waals surface area (Å²) in [6, 6.07) is 14.4. The number of amides is 2. The van der Waals surface area contributed by atoms with Gasteiger partial charge < -0.3 is 20.1 Å². The molecule has 0 aliphatic heterocycles. The molecule has 2 amide bonds. The molecule has 6 heteroatoms. The summed E-state index contributed by atoms with van der Waals surface area (Å²) in [6.07, 6.45) is 4.64. The summed E-state index contributed by atoms with van der Waals surface area (Å²) in [5.41, 5.74) is 1.31. The highest BCUT2D eigenvalue weighted by molar-refractivity contribution is 5.95. The third-order valence-electron chi connectivity index (χ3n) is 5.92. The molecule has 2 aliphatic rings. The highest BCUT2D eigenvalue weighted by Crippen LogP contribution is 2.48. The summed E-state index contributed by atoms with van der Waals surface area (Å²) in [5, 5.41) is 5.82. The lowest BCUT2D eigenvalue weighted by atomic mass is 9.88. The van der Waals surface area contributed by atoms with E-state index in [1.807, 2.05) is 24.3 Å². The van der Waals surface area contributed by atoms with Crippen LogP contribution in [0.15, 0.2) is 48.5 Å². The van der Waals surface area contributed by atoms with Gasteiger partial charge in [0.25, 0.3) is 5.91 Å². The molecule has 2 aromatic carbocycles. The van der Waals surface area contributed by atoms with E-state index in [2.05, 4.69) is 10.6 Å². The molecule has 29 heavy (non-hydrogen) atoms. The number of carbonyl (C=O) groups is 2. The smallest absolute Gasteiger partial charge is 0.262 e. The molecule has 0 heterocycles.